The van der Waals surface area contributed by atoms with Crippen molar-refractivity contribution in [3.63, 3.8) is 0 Å². The van der Waals surface area contributed by atoms with E-state index in [2.05, 4.69) is 42.8 Å². The Morgan fingerprint density at radius 3 is 2.30 bits per heavy atom. The lowest BCUT2D eigenvalue weighted by Crippen LogP contribution is -2.37. The summed E-state index contributed by atoms with van der Waals surface area (Å²) in [5.41, 5.74) is 1.08. The van der Waals surface area contributed by atoms with Crippen LogP contribution in [0.2, 0.25) is 18.1 Å². The van der Waals surface area contributed by atoms with Crippen molar-refractivity contribution in [2.45, 2.75) is 50.3 Å². The topological polar surface area (TPSA) is 67.9 Å². The summed E-state index contributed by atoms with van der Waals surface area (Å²) in [5.74, 6) is 0.541. The minimum Gasteiger partial charge on any atom is -0.495 e. The average Bonchev–Trinajstić information content (AvgIpc) is 2.34. The van der Waals surface area contributed by atoms with Crippen LogP contribution in [0.15, 0.2) is 27.1 Å². The van der Waals surface area contributed by atoms with Crippen LogP contribution in [0.3, 0.4) is 0 Å². The molecule has 23 heavy (non-hydrogen) atoms. The van der Waals surface area contributed by atoms with Crippen LogP contribution in [0, 0.1) is 0 Å². The number of hydrogen-bond donors (Lipinski definition) is 1. The van der Waals surface area contributed by atoms with E-state index >= 15 is 0 Å². The summed E-state index contributed by atoms with van der Waals surface area (Å²) in [7, 11) is 0.439. The molecule has 1 atom stereocenters. The fraction of sp³-hybridized carbons (Fsp3) is 0.625. The van der Waals surface area contributed by atoms with Crippen molar-refractivity contribution in [1.29, 1.82) is 0 Å². The molecule has 0 aromatic heterocycles. The predicted molar refractivity (Wildman–Crippen MR) is 101 cm³/mol. The van der Waals surface area contributed by atoms with E-state index in [4.69, 9.17) is 9.88 Å². The molecule has 0 aliphatic heterocycles. The van der Waals surface area contributed by atoms with Crippen molar-refractivity contribution in [2.24, 2.45) is 9.17 Å². The lowest BCUT2D eigenvalue weighted by atomic mass is 10.2. The first-order valence-corrected chi connectivity index (χ1v) is 12.2. The molecule has 1 rings (SSSR count). The van der Waals surface area contributed by atoms with E-state index in [0.29, 0.717) is 10.6 Å². The molecule has 5 nitrogen and oxygen atoms in total. The summed E-state index contributed by atoms with van der Waals surface area (Å²) < 4.78 is 23.2. The molecule has 1 unspecified atom stereocenters. The van der Waals surface area contributed by atoms with E-state index in [1.165, 1.54) is 0 Å². The molecule has 7 heteroatoms. The van der Waals surface area contributed by atoms with E-state index in [1.807, 2.05) is 26.2 Å². The third kappa shape index (κ3) is 5.04. The summed E-state index contributed by atoms with van der Waals surface area (Å²) in [4.78, 5) is 2.54. The number of ether oxygens (including phenoxy) is 1. The minimum atomic E-state index is -2.99. The van der Waals surface area contributed by atoms with Gasteiger partial charge in [0, 0.05) is 6.54 Å². The van der Waals surface area contributed by atoms with Crippen molar-refractivity contribution >= 4 is 18.2 Å². The van der Waals surface area contributed by atoms with Crippen molar-refractivity contribution in [1.82, 2.24) is 4.90 Å². The highest BCUT2D eigenvalue weighted by molar-refractivity contribution is 7.92. The molecule has 0 saturated heterocycles. The number of rotatable bonds is 5. The Morgan fingerprint density at radius 1 is 1.30 bits per heavy atom. The van der Waals surface area contributed by atoms with Gasteiger partial charge in [0.1, 0.15) is 20.6 Å². The Balaban J connectivity index is 3.41. The molecule has 0 aliphatic rings. The molecule has 0 bridgehead atoms. The van der Waals surface area contributed by atoms with Crippen LogP contribution in [0.1, 0.15) is 26.3 Å². The van der Waals surface area contributed by atoms with Gasteiger partial charge < -0.3 is 9.64 Å². The molecule has 1 aromatic carbocycles. The third-order valence-electron chi connectivity index (χ3n) is 4.24. The van der Waals surface area contributed by atoms with E-state index < -0.39 is 18.2 Å². The van der Waals surface area contributed by atoms with Gasteiger partial charge in [-0.2, -0.15) is 0 Å². The Hall–Kier alpha value is -0.893. The Kier molecular flexibility index (Phi) is 6.07. The summed E-state index contributed by atoms with van der Waals surface area (Å²) in [6.45, 7) is 11.3. The summed E-state index contributed by atoms with van der Waals surface area (Å²) in [5, 5.41) is 6.13. The molecule has 132 valence electrons. The second kappa shape index (κ2) is 6.92. The van der Waals surface area contributed by atoms with E-state index in [9.17, 15) is 4.21 Å². The highest BCUT2D eigenvalue weighted by atomic mass is 32.2. The molecule has 2 N–H and O–H groups in total. The van der Waals surface area contributed by atoms with Gasteiger partial charge in [-0.25, -0.2) is 9.35 Å². The van der Waals surface area contributed by atoms with Gasteiger partial charge in [-0.05, 0) is 49.9 Å². The minimum absolute atomic E-state index is 0.0207. The maximum Gasteiger partial charge on any atom is 0.195 e. The lowest BCUT2D eigenvalue weighted by molar-refractivity contribution is 0.390. The molecule has 0 fully saturated rings. The van der Waals surface area contributed by atoms with Crippen molar-refractivity contribution < 1.29 is 8.95 Å². The maximum absolute atomic E-state index is 13.1. The van der Waals surface area contributed by atoms with Crippen LogP contribution < -0.4 is 9.88 Å². The summed E-state index contributed by atoms with van der Waals surface area (Å²) >= 11 is 0. The van der Waals surface area contributed by atoms with Crippen LogP contribution in [0.25, 0.3) is 0 Å². The van der Waals surface area contributed by atoms with Gasteiger partial charge >= 0.3 is 0 Å². The van der Waals surface area contributed by atoms with Crippen LogP contribution >= 0.6 is 0 Å². The fourth-order valence-electron chi connectivity index (χ4n) is 1.94. The highest BCUT2D eigenvalue weighted by Crippen LogP contribution is 2.38. The third-order valence-corrected chi connectivity index (χ3v) is 11.8. The SMILES string of the molecule is COc1cc(CN(C)C)ccc1S(N)(=O)=N[Si](C)(C)C(C)(C)C. The highest BCUT2D eigenvalue weighted by Gasteiger charge is 2.37. The second-order valence-corrected chi connectivity index (χ2v) is 14.6. The lowest BCUT2D eigenvalue weighted by Gasteiger charge is -2.32. The largest absolute Gasteiger partial charge is 0.495 e. The van der Waals surface area contributed by atoms with Gasteiger partial charge in [-0.1, -0.05) is 26.8 Å². The molecular weight excluding hydrogens is 326 g/mol. The average molecular weight is 358 g/mol. The first kappa shape index (κ1) is 20.2. The van der Waals surface area contributed by atoms with E-state index in [-0.39, 0.29) is 5.04 Å². The Bertz CT molecular complexity index is 672. The van der Waals surface area contributed by atoms with Crippen molar-refractivity contribution in [2.75, 3.05) is 21.2 Å². The van der Waals surface area contributed by atoms with Crippen molar-refractivity contribution in [3.05, 3.63) is 23.8 Å². The van der Waals surface area contributed by atoms with Crippen LogP contribution in [-0.2, 0) is 16.5 Å². The maximum atomic E-state index is 13.1. The number of nitrogens with two attached hydrogens (primary N) is 1. The first-order valence-electron chi connectivity index (χ1n) is 7.68. The molecule has 1 aromatic rings. The molecule has 0 radical (unpaired) electrons. The first-order chi connectivity index (χ1) is 10.3. The number of methoxy groups -OCH3 is 1. The number of hydrogen-bond acceptors (Lipinski definition) is 4. The van der Waals surface area contributed by atoms with Gasteiger partial charge in [0.05, 0.1) is 7.11 Å². The Morgan fingerprint density at radius 2 is 1.87 bits per heavy atom. The predicted octanol–water partition coefficient (Wildman–Crippen LogP) is 3.46. The molecule has 0 aliphatic carbocycles. The molecule has 0 spiro atoms. The standard InChI is InChI=1S/C16H31N3O2SSi/c1-16(2,3)23(7,8)18-22(17,20)15-10-9-13(12-19(4)5)11-14(15)21-6/h9-11H,12H2,1-8H3,(H2,17,18,20). The quantitative estimate of drug-likeness (QED) is 0.821. The van der Waals surface area contributed by atoms with Gasteiger partial charge in [-0.3, -0.25) is 4.03 Å². The van der Waals surface area contributed by atoms with Gasteiger partial charge in [-0.15, -0.1) is 0 Å². The zero-order valence-electron chi connectivity index (χ0n) is 15.6. The molecular formula is C16H31N3O2SSi. The zero-order chi connectivity index (χ0) is 18.1. The zero-order valence-corrected chi connectivity index (χ0v) is 17.5. The molecule has 0 saturated carbocycles. The second-order valence-electron chi connectivity index (χ2n) is 7.69. The van der Waals surface area contributed by atoms with E-state index in [0.717, 1.165) is 12.1 Å². The van der Waals surface area contributed by atoms with Gasteiger partial charge in [0.2, 0.25) is 0 Å². The fourth-order valence-corrected chi connectivity index (χ4v) is 6.84. The van der Waals surface area contributed by atoms with E-state index in [1.54, 1.807) is 13.2 Å². The van der Waals surface area contributed by atoms with Gasteiger partial charge in [0.25, 0.3) is 0 Å². The Labute approximate surface area is 142 Å². The monoisotopic (exact) mass is 357 g/mol. The smallest absolute Gasteiger partial charge is 0.195 e. The van der Waals surface area contributed by atoms with Crippen molar-refractivity contribution in [3.8, 4) is 5.75 Å². The van der Waals surface area contributed by atoms with Crippen LogP contribution in [-0.4, -0.2) is 38.5 Å². The van der Waals surface area contributed by atoms with Gasteiger partial charge in [0.15, 0.2) is 8.24 Å². The summed E-state index contributed by atoms with van der Waals surface area (Å²) in [6.07, 6.45) is 0. The molecule has 0 heterocycles. The number of nitrogens with zero attached hydrogens (tertiary/aromatic N) is 2. The molecule has 0 amide bonds. The summed E-state index contributed by atoms with van der Waals surface area (Å²) in [6, 6.07) is 5.62. The number of benzene rings is 1. The van der Waals surface area contributed by atoms with Crippen LogP contribution in [0.4, 0.5) is 0 Å². The normalized spacial score (nSPS) is 15.4. The van der Waals surface area contributed by atoms with Crippen LogP contribution in [0.5, 0.6) is 5.75 Å².